The smallest absolute Gasteiger partial charge is 0.253 e. The number of rotatable bonds is 7. The van der Waals surface area contributed by atoms with Gasteiger partial charge in [0.15, 0.2) is 0 Å². The van der Waals surface area contributed by atoms with Crippen molar-refractivity contribution < 1.29 is 13.2 Å². The summed E-state index contributed by atoms with van der Waals surface area (Å²) in [6, 6.07) is 12.7. The van der Waals surface area contributed by atoms with Gasteiger partial charge in [0, 0.05) is 18.8 Å². The second-order valence-electron chi connectivity index (χ2n) is 7.41. The topological polar surface area (TPSA) is 78.5 Å². The van der Waals surface area contributed by atoms with Crippen LogP contribution < -0.4 is 10.0 Å². The highest BCUT2D eigenvalue weighted by Crippen LogP contribution is 2.21. The zero-order chi connectivity index (χ0) is 20.9. The molecule has 0 aliphatic carbocycles. The Kier molecular flexibility index (Phi) is 7.16. The maximum absolute atomic E-state index is 12.6. The van der Waals surface area contributed by atoms with E-state index >= 15 is 0 Å². The number of likely N-dealkylation sites (tertiary alicyclic amines) is 1. The third-order valence-electron chi connectivity index (χ3n) is 4.81. The molecule has 2 aromatic rings. The van der Waals surface area contributed by atoms with Crippen molar-refractivity contribution in [1.82, 2.24) is 10.2 Å². The lowest BCUT2D eigenvalue weighted by Crippen LogP contribution is -2.29. The van der Waals surface area contributed by atoms with Crippen LogP contribution in [-0.2, 0) is 23.1 Å². The van der Waals surface area contributed by atoms with Crippen molar-refractivity contribution in [3.05, 3.63) is 64.2 Å². The number of carbonyl (C=O) groups is 1. The quantitative estimate of drug-likeness (QED) is 0.696. The third-order valence-corrected chi connectivity index (χ3v) is 5.75. The molecule has 0 spiro atoms. The van der Waals surface area contributed by atoms with Gasteiger partial charge in [0.2, 0.25) is 10.0 Å². The number of piperidine rings is 1. The average molecular weight is 436 g/mol. The van der Waals surface area contributed by atoms with Crippen molar-refractivity contribution in [1.29, 1.82) is 0 Å². The van der Waals surface area contributed by atoms with E-state index in [-0.39, 0.29) is 16.5 Å². The number of hydrogen-bond donors (Lipinski definition) is 2. The van der Waals surface area contributed by atoms with E-state index in [1.165, 1.54) is 43.0 Å². The molecule has 1 aliphatic rings. The lowest BCUT2D eigenvalue weighted by atomic mass is 10.1. The van der Waals surface area contributed by atoms with E-state index < -0.39 is 10.0 Å². The van der Waals surface area contributed by atoms with Crippen LogP contribution in [-0.4, -0.2) is 38.6 Å². The van der Waals surface area contributed by atoms with Gasteiger partial charge < -0.3 is 5.32 Å². The zero-order valence-corrected chi connectivity index (χ0v) is 18.0. The number of nitrogens with one attached hydrogen (secondary N) is 2. The molecule has 1 fully saturated rings. The Hall–Kier alpha value is -2.09. The Morgan fingerprint density at radius 1 is 1.07 bits per heavy atom. The second kappa shape index (κ2) is 9.61. The monoisotopic (exact) mass is 435 g/mol. The summed E-state index contributed by atoms with van der Waals surface area (Å²) in [4.78, 5) is 15.0. The van der Waals surface area contributed by atoms with Crippen LogP contribution in [0, 0.1) is 0 Å². The van der Waals surface area contributed by atoms with Crippen molar-refractivity contribution >= 4 is 33.2 Å². The summed E-state index contributed by atoms with van der Waals surface area (Å²) < 4.78 is 25.2. The molecule has 1 amide bonds. The predicted molar refractivity (Wildman–Crippen MR) is 117 cm³/mol. The maximum atomic E-state index is 12.6. The minimum Gasteiger partial charge on any atom is -0.348 e. The Morgan fingerprint density at radius 2 is 1.79 bits per heavy atom. The minimum absolute atomic E-state index is 0.227. The van der Waals surface area contributed by atoms with Crippen molar-refractivity contribution in [2.24, 2.45) is 0 Å². The molecule has 156 valence electrons. The SMILES string of the molecule is CS(=O)(=O)Nc1ccc(Cl)c(C(=O)NCc2cccc(CN3CCCCC3)c2)c1. The largest absolute Gasteiger partial charge is 0.348 e. The molecular formula is C21H26ClN3O3S. The van der Waals surface area contributed by atoms with Crippen LogP contribution in [0.4, 0.5) is 5.69 Å². The van der Waals surface area contributed by atoms with Gasteiger partial charge >= 0.3 is 0 Å². The molecule has 0 saturated carbocycles. The molecule has 0 atom stereocenters. The summed E-state index contributed by atoms with van der Waals surface area (Å²) in [6.45, 7) is 3.56. The first-order valence-electron chi connectivity index (χ1n) is 9.66. The van der Waals surface area contributed by atoms with E-state index in [0.29, 0.717) is 12.2 Å². The number of halogens is 1. The first-order chi connectivity index (χ1) is 13.8. The Labute approximate surface area is 177 Å². The predicted octanol–water partition coefficient (Wildman–Crippen LogP) is 3.63. The van der Waals surface area contributed by atoms with Crippen molar-refractivity contribution in [2.75, 3.05) is 24.1 Å². The van der Waals surface area contributed by atoms with Gasteiger partial charge in [-0.2, -0.15) is 0 Å². The molecule has 2 aromatic carbocycles. The zero-order valence-electron chi connectivity index (χ0n) is 16.4. The molecule has 2 N–H and O–H groups in total. The molecule has 1 aliphatic heterocycles. The van der Waals surface area contributed by atoms with Crippen LogP contribution in [0.5, 0.6) is 0 Å². The highest BCUT2D eigenvalue weighted by atomic mass is 35.5. The number of amides is 1. The van der Waals surface area contributed by atoms with Crippen molar-refractivity contribution in [3.63, 3.8) is 0 Å². The van der Waals surface area contributed by atoms with Crippen LogP contribution in [0.3, 0.4) is 0 Å². The number of carbonyl (C=O) groups excluding carboxylic acids is 1. The molecule has 1 saturated heterocycles. The third kappa shape index (κ3) is 6.73. The van der Waals surface area contributed by atoms with E-state index in [9.17, 15) is 13.2 Å². The molecular weight excluding hydrogens is 410 g/mol. The second-order valence-corrected chi connectivity index (χ2v) is 9.56. The minimum atomic E-state index is -3.43. The highest BCUT2D eigenvalue weighted by Gasteiger charge is 2.14. The molecule has 0 aromatic heterocycles. The molecule has 0 radical (unpaired) electrons. The summed E-state index contributed by atoms with van der Waals surface area (Å²) in [5.41, 5.74) is 2.76. The molecule has 1 heterocycles. The number of benzene rings is 2. The first kappa shape index (κ1) is 21.6. The van der Waals surface area contributed by atoms with E-state index in [1.807, 2.05) is 12.1 Å². The normalized spacial score (nSPS) is 15.1. The number of sulfonamides is 1. The van der Waals surface area contributed by atoms with Gasteiger partial charge in [0.1, 0.15) is 0 Å². The van der Waals surface area contributed by atoms with E-state index in [0.717, 1.165) is 31.5 Å². The summed E-state index contributed by atoms with van der Waals surface area (Å²) >= 11 is 6.13. The van der Waals surface area contributed by atoms with Crippen molar-refractivity contribution in [3.8, 4) is 0 Å². The van der Waals surface area contributed by atoms with Crippen LogP contribution in [0.25, 0.3) is 0 Å². The van der Waals surface area contributed by atoms with Crippen LogP contribution in [0.15, 0.2) is 42.5 Å². The summed E-state index contributed by atoms with van der Waals surface area (Å²) in [6.07, 6.45) is 4.87. The standard InChI is InChI=1S/C21H26ClN3O3S/c1-29(27,28)24-18-8-9-20(22)19(13-18)21(26)23-14-16-6-5-7-17(12-16)15-25-10-3-2-4-11-25/h5-9,12-13,24H,2-4,10-11,14-15H2,1H3,(H,23,26). The van der Waals surface area contributed by atoms with Gasteiger partial charge in [-0.1, -0.05) is 42.3 Å². The van der Waals surface area contributed by atoms with Gasteiger partial charge in [-0.25, -0.2) is 8.42 Å². The number of hydrogen-bond acceptors (Lipinski definition) is 4. The first-order valence-corrected chi connectivity index (χ1v) is 11.9. The van der Waals surface area contributed by atoms with E-state index in [2.05, 4.69) is 27.1 Å². The van der Waals surface area contributed by atoms with Gasteiger partial charge in [-0.15, -0.1) is 0 Å². The average Bonchev–Trinajstić information content (AvgIpc) is 2.68. The summed E-state index contributed by atoms with van der Waals surface area (Å²) in [7, 11) is -3.43. The van der Waals surface area contributed by atoms with Crippen LogP contribution >= 0.6 is 11.6 Å². The Bertz CT molecular complexity index is 973. The fraction of sp³-hybridized carbons (Fsp3) is 0.381. The van der Waals surface area contributed by atoms with Crippen LogP contribution in [0.1, 0.15) is 40.7 Å². The maximum Gasteiger partial charge on any atom is 0.253 e. The number of nitrogens with zero attached hydrogens (tertiary/aromatic N) is 1. The van der Waals surface area contributed by atoms with Gasteiger partial charge in [-0.3, -0.25) is 14.4 Å². The van der Waals surface area contributed by atoms with E-state index in [1.54, 1.807) is 0 Å². The lowest BCUT2D eigenvalue weighted by molar-refractivity contribution is 0.0951. The molecule has 0 bridgehead atoms. The Balaban J connectivity index is 1.63. The molecule has 6 nitrogen and oxygen atoms in total. The summed E-state index contributed by atoms with van der Waals surface area (Å²) in [5, 5.41) is 3.13. The molecule has 8 heteroatoms. The van der Waals surface area contributed by atoms with Gasteiger partial charge in [0.05, 0.1) is 16.8 Å². The molecule has 0 unspecified atom stereocenters. The fourth-order valence-electron chi connectivity index (χ4n) is 3.47. The highest BCUT2D eigenvalue weighted by molar-refractivity contribution is 7.92. The summed E-state index contributed by atoms with van der Waals surface area (Å²) in [5.74, 6) is -0.353. The number of anilines is 1. The van der Waals surface area contributed by atoms with Crippen molar-refractivity contribution in [2.45, 2.75) is 32.4 Å². The van der Waals surface area contributed by atoms with Gasteiger partial charge in [0.25, 0.3) is 5.91 Å². The molecule has 3 rings (SSSR count). The van der Waals surface area contributed by atoms with E-state index in [4.69, 9.17) is 11.6 Å². The van der Waals surface area contributed by atoms with Gasteiger partial charge in [-0.05, 0) is 55.3 Å². The fourth-order valence-corrected chi connectivity index (χ4v) is 4.23. The molecule has 29 heavy (non-hydrogen) atoms. The Morgan fingerprint density at radius 3 is 2.52 bits per heavy atom. The van der Waals surface area contributed by atoms with Crippen LogP contribution in [0.2, 0.25) is 5.02 Å². The lowest BCUT2D eigenvalue weighted by Gasteiger charge is -2.26.